The summed E-state index contributed by atoms with van der Waals surface area (Å²) in [5.41, 5.74) is 0.947. The monoisotopic (exact) mass is 288 g/mol. The molecular formula is C18H28N2O. The zero-order valence-corrected chi connectivity index (χ0v) is 13.9. The summed E-state index contributed by atoms with van der Waals surface area (Å²) in [7, 11) is 0. The number of hydrogen-bond acceptors (Lipinski definition) is 2. The molecule has 0 spiro atoms. The van der Waals surface area contributed by atoms with Crippen molar-refractivity contribution in [1.29, 1.82) is 0 Å². The lowest BCUT2D eigenvalue weighted by molar-refractivity contribution is -0.133. The van der Waals surface area contributed by atoms with E-state index in [-0.39, 0.29) is 17.5 Å². The van der Waals surface area contributed by atoms with E-state index in [0.717, 1.165) is 24.9 Å². The molecule has 1 heterocycles. The number of nitrogens with zero attached hydrogens (tertiary/aromatic N) is 1. The molecule has 2 unspecified atom stereocenters. The fourth-order valence-electron chi connectivity index (χ4n) is 2.71. The Kier molecular flexibility index (Phi) is 4.43. The molecule has 1 amide bonds. The van der Waals surface area contributed by atoms with Gasteiger partial charge in [0, 0.05) is 6.54 Å². The zero-order chi connectivity index (χ0) is 15.7. The molecule has 2 rings (SSSR count). The van der Waals surface area contributed by atoms with Crippen LogP contribution in [0, 0.1) is 5.41 Å². The highest BCUT2D eigenvalue weighted by atomic mass is 16.2. The smallest absolute Gasteiger partial charge is 0.244 e. The van der Waals surface area contributed by atoms with Crippen molar-refractivity contribution in [2.45, 2.75) is 59.2 Å². The second-order valence-corrected chi connectivity index (χ2v) is 7.45. The maximum Gasteiger partial charge on any atom is 0.244 e. The van der Waals surface area contributed by atoms with Crippen LogP contribution >= 0.6 is 0 Å². The minimum absolute atomic E-state index is 0.00833. The molecule has 3 heteroatoms. The molecule has 116 valence electrons. The van der Waals surface area contributed by atoms with Gasteiger partial charge in [-0.1, -0.05) is 58.0 Å². The van der Waals surface area contributed by atoms with Crippen LogP contribution in [0.1, 0.15) is 59.2 Å². The van der Waals surface area contributed by atoms with E-state index in [2.05, 4.69) is 45.1 Å². The molecule has 1 saturated heterocycles. The van der Waals surface area contributed by atoms with Gasteiger partial charge in [-0.25, -0.2) is 0 Å². The summed E-state index contributed by atoms with van der Waals surface area (Å²) >= 11 is 0. The van der Waals surface area contributed by atoms with Crippen molar-refractivity contribution in [2.75, 3.05) is 6.54 Å². The van der Waals surface area contributed by atoms with Gasteiger partial charge < -0.3 is 4.90 Å². The Bertz CT molecular complexity index is 492. The lowest BCUT2D eigenvalue weighted by Crippen LogP contribution is -2.43. The third-order valence-electron chi connectivity index (χ3n) is 4.42. The summed E-state index contributed by atoms with van der Waals surface area (Å²) in [4.78, 5) is 14.8. The minimum Gasteiger partial charge on any atom is -0.321 e. The van der Waals surface area contributed by atoms with Gasteiger partial charge >= 0.3 is 0 Å². The standard InChI is InChI=1S/C18H28N2O/c1-6-18(5)16(21)20(13-12-17(2,3)4)15(19-18)14-10-8-7-9-11-14/h7-11,15,19H,6,12-13H2,1-5H3. The van der Waals surface area contributed by atoms with Crippen molar-refractivity contribution in [3.63, 3.8) is 0 Å². The molecule has 21 heavy (non-hydrogen) atoms. The molecule has 3 nitrogen and oxygen atoms in total. The SMILES string of the molecule is CCC1(C)NC(c2ccccc2)N(CCC(C)(C)C)C1=O. The first-order chi connectivity index (χ1) is 9.77. The average Bonchev–Trinajstić information content (AvgIpc) is 2.70. The van der Waals surface area contributed by atoms with Crippen molar-refractivity contribution in [3.8, 4) is 0 Å². The van der Waals surface area contributed by atoms with Crippen LogP contribution in [0.3, 0.4) is 0 Å². The van der Waals surface area contributed by atoms with E-state index in [9.17, 15) is 4.79 Å². The molecule has 0 aliphatic carbocycles. The number of amides is 1. The fraction of sp³-hybridized carbons (Fsp3) is 0.611. The highest BCUT2D eigenvalue weighted by Crippen LogP contribution is 2.33. The van der Waals surface area contributed by atoms with Crippen LogP contribution < -0.4 is 5.32 Å². The van der Waals surface area contributed by atoms with Gasteiger partial charge in [-0.15, -0.1) is 0 Å². The highest BCUT2D eigenvalue weighted by Gasteiger charge is 2.47. The van der Waals surface area contributed by atoms with E-state index in [0.29, 0.717) is 0 Å². The molecule has 1 N–H and O–H groups in total. The zero-order valence-electron chi connectivity index (χ0n) is 13.9. The number of benzene rings is 1. The summed E-state index contributed by atoms with van der Waals surface area (Å²) in [6, 6.07) is 10.3. The van der Waals surface area contributed by atoms with Crippen molar-refractivity contribution in [1.82, 2.24) is 10.2 Å². The van der Waals surface area contributed by atoms with Crippen LogP contribution in [0.25, 0.3) is 0 Å². The van der Waals surface area contributed by atoms with Crippen molar-refractivity contribution in [3.05, 3.63) is 35.9 Å². The second-order valence-electron chi connectivity index (χ2n) is 7.45. The molecule has 1 aromatic carbocycles. The Morgan fingerprint density at radius 2 is 1.86 bits per heavy atom. The number of carbonyl (C=O) groups is 1. The van der Waals surface area contributed by atoms with Crippen LogP contribution in [-0.4, -0.2) is 22.9 Å². The number of carbonyl (C=O) groups excluding carboxylic acids is 1. The van der Waals surface area contributed by atoms with E-state index in [4.69, 9.17) is 0 Å². The molecule has 1 aromatic rings. The second kappa shape index (κ2) is 5.80. The van der Waals surface area contributed by atoms with Crippen LogP contribution in [0.4, 0.5) is 0 Å². The molecule has 1 aliphatic heterocycles. The quantitative estimate of drug-likeness (QED) is 0.915. The molecule has 0 bridgehead atoms. The maximum absolute atomic E-state index is 12.8. The van der Waals surface area contributed by atoms with E-state index in [1.807, 2.05) is 30.0 Å². The van der Waals surface area contributed by atoms with E-state index < -0.39 is 5.54 Å². The Hall–Kier alpha value is -1.35. The first kappa shape index (κ1) is 16.0. The highest BCUT2D eigenvalue weighted by molar-refractivity contribution is 5.88. The molecule has 0 radical (unpaired) electrons. The Labute approximate surface area is 128 Å². The van der Waals surface area contributed by atoms with Gasteiger partial charge in [-0.3, -0.25) is 10.1 Å². The van der Waals surface area contributed by atoms with Crippen LogP contribution in [0.2, 0.25) is 0 Å². The van der Waals surface area contributed by atoms with Crippen molar-refractivity contribution >= 4 is 5.91 Å². The van der Waals surface area contributed by atoms with E-state index in [1.54, 1.807) is 0 Å². The van der Waals surface area contributed by atoms with Gasteiger partial charge in [-0.2, -0.15) is 0 Å². The predicted molar refractivity (Wildman–Crippen MR) is 86.8 cm³/mol. The lowest BCUT2D eigenvalue weighted by atomic mass is 9.91. The molecule has 1 aliphatic rings. The number of rotatable bonds is 4. The summed E-state index contributed by atoms with van der Waals surface area (Å²) in [5.74, 6) is 0.225. The van der Waals surface area contributed by atoms with E-state index in [1.165, 1.54) is 0 Å². The van der Waals surface area contributed by atoms with Gasteiger partial charge in [0.25, 0.3) is 0 Å². The average molecular weight is 288 g/mol. The van der Waals surface area contributed by atoms with Gasteiger partial charge in [0.1, 0.15) is 6.17 Å². The number of hydrogen-bond donors (Lipinski definition) is 1. The van der Waals surface area contributed by atoms with Gasteiger partial charge in [0.05, 0.1) is 5.54 Å². The molecular weight excluding hydrogens is 260 g/mol. The third kappa shape index (κ3) is 3.46. The molecule has 2 atom stereocenters. The van der Waals surface area contributed by atoms with Crippen LogP contribution in [0.5, 0.6) is 0 Å². The summed E-state index contributed by atoms with van der Waals surface area (Å²) < 4.78 is 0. The topological polar surface area (TPSA) is 32.3 Å². The Balaban J connectivity index is 2.26. The summed E-state index contributed by atoms with van der Waals surface area (Å²) in [6.07, 6.45) is 1.80. The largest absolute Gasteiger partial charge is 0.321 e. The number of nitrogens with one attached hydrogen (secondary N) is 1. The summed E-state index contributed by atoms with van der Waals surface area (Å²) in [6.45, 7) is 11.5. The molecule has 1 fully saturated rings. The lowest BCUT2D eigenvalue weighted by Gasteiger charge is -2.28. The van der Waals surface area contributed by atoms with Gasteiger partial charge in [-0.05, 0) is 30.7 Å². The Morgan fingerprint density at radius 3 is 2.38 bits per heavy atom. The van der Waals surface area contributed by atoms with Gasteiger partial charge in [0.2, 0.25) is 5.91 Å². The van der Waals surface area contributed by atoms with Crippen LogP contribution in [-0.2, 0) is 4.79 Å². The molecule has 0 aromatic heterocycles. The predicted octanol–water partition coefficient (Wildman–Crippen LogP) is 3.72. The first-order valence-electron chi connectivity index (χ1n) is 7.90. The molecule has 0 saturated carbocycles. The van der Waals surface area contributed by atoms with Crippen molar-refractivity contribution in [2.24, 2.45) is 5.41 Å². The Morgan fingerprint density at radius 1 is 1.24 bits per heavy atom. The van der Waals surface area contributed by atoms with Crippen molar-refractivity contribution < 1.29 is 4.79 Å². The maximum atomic E-state index is 12.8. The minimum atomic E-state index is -0.446. The normalized spacial score (nSPS) is 26.4. The van der Waals surface area contributed by atoms with Gasteiger partial charge in [0.15, 0.2) is 0 Å². The fourth-order valence-corrected chi connectivity index (χ4v) is 2.71. The summed E-state index contributed by atoms with van der Waals surface area (Å²) in [5, 5.41) is 3.55. The van der Waals surface area contributed by atoms with Crippen LogP contribution in [0.15, 0.2) is 30.3 Å². The first-order valence-corrected chi connectivity index (χ1v) is 7.90. The van der Waals surface area contributed by atoms with E-state index >= 15 is 0 Å². The third-order valence-corrected chi connectivity index (χ3v) is 4.42.